The fourth-order valence-corrected chi connectivity index (χ4v) is 5.12. The van der Waals surface area contributed by atoms with Crippen LogP contribution in [0, 0.1) is 17.8 Å². The van der Waals surface area contributed by atoms with Crippen molar-refractivity contribution in [2.24, 2.45) is 17.8 Å². The molecular weight excluding hydrogens is 408 g/mol. The number of benzene rings is 1. The quantitative estimate of drug-likeness (QED) is 0.293. The summed E-state index contributed by atoms with van der Waals surface area (Å²) in [7, 11) is -2.55. The first kappa shape index (κ1) is 24.8. The number of hydrogen-bond donors (Lipinski definition) is 0. The van der Waals surface area contributed by atoms with Gasteiger partial charge in [-0.25, -0.2) is 4.79 Å². The van der Waals surface area contributed by atoms with E-state index < -0.39 is 22.2 Å². The van der Waals surface area contributed by atoms with Crippen LogP contribution in [0.25, 0.3) is 0 Å². The van der Waals surface area contributed by atoms with Crippen LogP contribution in [0.2, 0.25) is 0 Å². The van der Waals surface area contributed by atoms with Gasteiger partial charge in [-0.2, -0.15) is 8.42 Å². The zero-order chi connectivity index (χ0) is 22.1. The predicted octanol–water partition coefficient (Wildman–Crippen LogP) is 3.67. The number of methoxy groups -OCH3 is 1. The summed E-state index contributed by atoms with van der Waals surface area (Å²) in [5, 5.41) is 0. The Hall–Kier alpha value is -1.48. The van der Waals surface area contributed by atoms with E-state index in [9.17, 15) is 13.2 Å². The monoisotopic (exact) mass is 442 g/mol. The number of esters is 1. The van der Waals surface area contributed by atoms with E-state index in [-0.39, 0.29) is 29.6 Å². The summed E-state index contributed by atoms with van der Waals surface area (Å²) in [6, 6.07) is 6.00. The number of carbonyl (C=O) groups is 1. The molecule has 1 aliphatic rings. The maximum absolute atomic E-state index is 13.1. The van der Waals surface area contributed by atoms with Crippen molar-refractivity contribution in [3.05, 3.63) is 29.8 Å². The van der Waals surface area contributed by atoms with E-state index in [1.54, 1.807) is 19.2 Å². The Labute approximate surface area is 180 Å². The van der Waals surface area contributed by atoms with Gasteiger partial charge in [-0.1, -0.05) is 39.3 Å². The minimum absolute atomic E-state index is 0.0212. The van der Waals surface area contributed by atoms with E-state index in [2.05, 4.69) is 20.8 Å². The van der Waals surface area contributed by atoms with Gasteiger partial charge >= 0.3 is 5.97 Å². The average molecular weight is 443 g/mol. The molecule has 8 heteroatoms. The molecule has 0 aliphatic heterocycles. The van der Waals surface area contributed by atoms with Crippen molar-refractivity contribution >= 4 is 16.1 Å². The molecule has 0 amide bonds. The lowest BCUT2D eigenvalue weighted by atomic mass is 9.75. The Morgan fingerprint density at radius 2 is 1.80 bits per heavy atom. The molecule has 2 rings (SSSR count). The molecule has 1 aromatic carbocycles. The Balaban J connectivity index is 2.09. The largest absolute Gasteiger partial charge is 0.460 e. The minimum Gasteiger partial charge on any atom is -0.460 e. The zero-order valence-corrected chi connectivity index (χ0v) is 19.2. The van der Waals surface area contributed by atoms with E-state index in [1.165, 1.54) is 12.1 Å². The molecule has 0 bridgehead atoms. The first-order valence-corrected chi connectivity index (χ1v) is 11.9. The Bertz CT molecular complexity index is 775. The third kappa shape index (κ3) is 7.04. The fourth-order valence-electron chi connectivity index (χ4n) is 3.81. The Kier molecular flexibility index (Phi) is 9.74. The van der Waals surface area contributed by atoms with Crippen LogP contribution in [0.1, 0.15) is 50.4 Å². The molecule has 1 fully saturated rings. The van der Waals surface area contributed by atoms with Crippen molar-refractivity contribution in [1.29, 1.82) is 0 Å². The second-order valence-corrected chi connectivity index (χ2v) is 9.69. The topological polar surface area (TPSA) is 88.1 Å². The summed E-state index contributed by atoms with van der Waals surface area (Å²) in [6.07, 6.45) is 2.30. The number of rotatable bonds is 11. The maximum Gasteiger partial charge on any atom is 0.339 e. The minimum atomic E-state index is -4.12. The summed E-state index contributed by atoms with van der Waals surface area (Å²) in [4.78, 5) is 12.3. The van der Waals surface area contributed by atoms with Gasteiger partial charge in [-0.05, 0) is 42.7 Å². The van der Waals surface area contributed by atoms with Crippen molar-refractivity contribution in [1.82, 2.24) is 0 Å². The molecular formula is C22H34O7S. The highest BCUT2D eigenvalue weighted by Gasteiger charge is 2.36. The van der Waals surface area contributed by atoms with Crippen molar-refractivity contribution in [2.45, 2.75) is 51.0 Å². The van der Waals surface area contributed by atoms with Gasteiger partial charge in [0.25, 0.3) is 10.1 Å². The zero-order valence-electron chi connectivity index (χ0n) is 18.3. The van der Waals surface area contributed by atoms with Crippen LogP contribution in [-0.4, -0.2) is 54.0 Å². The summed E-state index contributed by atoms with van der Waals surface area (Å²) in [6.45, 7) is 7.35. The smallest absolute Gasteiger partial charge is 0.339 e. The number of hydrogen-bond acceptors (Lipinski definition) is 7. The Morgan fingerprint density at radius 3 is 2.50 bits per heavy atom. The van der Waals surface area contributed by atoms with Gasteiger partial charge in [0.05, 0.1) is 31.5 Å². The van der Waals surface area contributed by atoms with Gasteiger partial charge in [0.15, 0.2) is 0 Å². The SMILES string of the molecule is COCCOCCOC(=O)c1ccccc1S(=O)(=O)O[C@H]1C[C@H](C)CC[C@H]1C(C)C. The molecule has 30 heavy (non-hydrogen) atoms. The van der Waals surface area contributed by atoms with Gasteiger partial charge in [0.2, 0.25) is 0 Å². The van der Waals surface area contributed by atoms with Crippen molar-refractivity contribution in [3.8, 4) is 0 Å². The van der Waals surface area contributed by atoms with Crippen LogP contribution in [0.3, 0.4) is 0 Å². The van der Waals surface area contributed by atoms with E-state index >= 15 is 0 Å². The third-order valence-electron chi connectivity index (χ3n) is 5.48. The predicted molar refractivity (Wildman–Crippen MR) is 113 cm³/mol. The van der Waals surface area contributed by atoms with Gasteiger partial charge in [0, 0.05) is 7.11 Å². The van der Waals surface area contributed by atoms with Gasteiger partial charge < -0.3 is 14.2 Å². The van der Waals surface area contributed by atoms with Gasteiger partial charge in [-0.3, -0.25) is 4.18 Å². The first-order chi connectivity index (χ1) is 14.3. The molecule has 1 aliphatic carbocycles. The molecule has 170 valence electrons. The highest BCUT2D eigenvalue weighted by molar-refractivity contribution is 7.86. The molecule has 0 spiro atoms. The normalized spacial score (nSPS) is 22.2. The lowest BCUT2D eigenvalue weighted by Gasteiger charge is -2.36. The molecule has 7 nitrogen and oxygen atoms in total. The van der Waals surface area contributed by atoms with Crippen molar-refractivity contribution < 1.29 is 31.6 Å². The maximum atomic E-state index is 13.1. The highest BCUT2D eigenvalue weighted by Crippen LogP contribution is 2.37. The van der Waals surface area contributed by atoms with Crippen LogP contribution < -0.4 is 0 Å². The van der Waals surface area contributed by atoms with E-state index in [4.69, 9.17) is 18.4 Å². The summed E-state index contributed by atoms with van der Waals surface area (Å²) in [5.41, 5.74) is -0.0284. The van der Waals surface area contributed by atoms with E-state index in [1.807, 2.05) is 0 Å². The molecule has 0 unspecified atom stereocenters. The summed E-state index contributed by atoms with van der Waals surface area (Å²) >= 11 is 0. The highest BCUT2D eigenvalue weighted by atomic mass is 32.2. The lowest BCUT2D eigenvalue weighted by molar-refractivity contribution is 0.0209. The lowest BCUT2D eigenvalue weighted by Crippen LogP contribution is -2.36. The average Bonchev–Trinajstić information content (AvgIpc) is 2.70. The second kappa shape index (κ2) is 11.8. The molecule has 3 atom stereocenters. The van der Waals surface area contributed by atoms with Gasteiger partial charge in [0.1, 0.15) is 11.5 Å². The van der Waals surface area contributed by atoms with Crippen LogP contribution in [-0.2, 0) is 28.5 Å². The molecule has 0 heterocycles. The molecule has 0 aromatic heterocycles. The number of carbonyl (C=O) groups excluding carboxylic acids is 1. The van der Waals surface area contributed by atoms with Gasteiger partial charge in [-0.15, -0.1) is 0 Å². The molecule has 0 radical (unpaired) electrons. The van der Waals surface area contributed by atoms with Crippen molar-refractivity contribution in [2.75, 3.05) is 33.5 Å². The fraction of sp³-hybridized carbons (Fsp3) is 0.682. The second-order valence-electron chi connectivity index (χ2n) is 8.15. The van der Waals surface area contributed by atoms with Crippen LogP contribution in [0.5, 0.6) is 0 Å². The van der Waals surface area contributed by atoms with Crippen LogP contribution in [0.4, 0.5) is 0 Å². The Morgan fingerprint density at radius 1 is 1.10 bits per heavy atom. The first-order valence-electron chi connectivity index (χ1n) is 10.5. The standard InChI is InChI=1S/C22H34O7S/c1-16(2)18-10-9-17(3)15-20(18)29-30(24,25)21-8-6-5-7-19(21)22(23)28-14-13-27-12-11-26-4/h5-8,16-18,20H,9-15H2,1-4H3/t17-,18+,20+/m1/s1. The molecule has 1 aromatic rings. The van der Waals surface area contributed by atoms with Crippen LogP contribution in [0.15, 0.2) is 29.2 Å². The molecule has 0 N–H and O–H groups in total. The molecule has 1 saturated carbocycles. The summed E-state index contributed by atoms with van der Waals surface area (Å²) in [5.74, 6) is 0.166. The van der Waals surface area contributed by atoms with Crippen molar-refractivity contribution in [3.63, 3.8) is 0 Å². The summed E-state index contributed by atoms with van der Waals surface area (Å²) < 4.78 is 47.2. The number of ether oxygens (including phenoxy) is 3. The van der Waals surface area contributed by atoms with E-state index in [0.29, 0.717) is 31.5 Å². The van der Waals surface area contributed by atoms with Crippen LogP contribution >= 0.6 is 0 Å². The molecule has 0 saturated heterocycles. The third-order valence-corrected chi connectivity index (χ3v) is 6.88. The van der Waals surface area contributed by atoms with E-state index in [0.717, 1.165) is 12.8 Å².